The summed E-state index contributed by atoms with van der Waals surface area (Å²) in [5.41, 5.74) is -1.77. The normalized spacial score (nSPS) is 17.4. The second-order valence-corrected chi connectivity index (χ2v) is 12.8. The molecule has 53 heavy (non-hydrogen) atoms. The van der Waals surface area contributed by atoms with Crippen LogP contribution in [-0.2, 0) is 50.2 Å². The van der Waals surface area contributed by atoms with E-state index in [2.05, 4.69) is 23.2 Å². The summed E-state index contributed by atoms with van der Waals surface area (Å²) in [7, 11) is 0. The lowest BCUT2D eigenvalue weighted by atomic mass is 9.92. The highest BCUT2D eigenvalue weighted by atomic mass is 32.2. The monoisotopic (exact) mass is 752 g/mol. The lowest BCUT2D eigenvalue weighted by molar-refractivity contribution is -0.168. The highest BCUT2D eigenvalue weighted by Gasteiger charge is 2.44. The number of benzene rings is 2. The van der Waals surface area contributed by atoms with Crippen molar-refractivity contribution < 1.29 is 51.2 Å². The number of carbonyl (C=O) groups excluding carboxylic acids is 3. The number of ether oxygens (including phenoxy) is 5. The van der Waals surface area contributed by atoms with Crippen molar-refractivity contribution in [2.45, 2.75) is 49.6 Å². The van der Waals surface area contributed by atoms with Gasteiger partial charge in [-0.15, -0.1) is 11.8 Å². The standard InChI is InChI=1S/C37H35F3N4O8S/c1-4-15-48-36(47)33(51-25(3)45)13-14-34(46)52-37(21-44-23-42-22-43-44,30-12-11-28(38)17-32(30)40)24(2)53-29-19-49-35(50-20-29)8-6-5-7-27-10-9-26(18-41)16-31(27)39/h4-12,16-17,22-23,29,33,35H,1-2,13-15,19-21H2,3H3/b7-5+,8-6+/t29-,33?,35-,37-/m1/s1. The first kappa shape index (κ1) is 40.3. The molecule has 0 bridgehead atoms. The van der Waals surface area contributed by atoms with E-state index in [4.69, 9.17) is 28.9 Å². The Balaban J connectivity index is 1.52. The summed E-state index contributed by atoms with van der Waals surface area (Å²) in [6.45, 7) is 8.42. The predicted octanol–water partition coefficient (Wildman–Crippen LogP) is 5.70. The van der Waals surface area contributed by atoms with Crippen LogP contribution in [-0.4, -0.2) is 70.1 Å². The first-order valence-electron chi connectivity index (χ1n) is 16.0. The molecule has 2 atom stereocenters. The van der Waals surface area contributed by atoms with Crippen LogP contribution >= 0.6 is 11.8 Å². The van der Waals surface area contributed by atoms with Crippen LogP contribution in [0.15, 0.2) is 91.4 Å². The van der Waals surface area contributed by atoms with Crippen molar-refractivity contribution in [2.24, 2.45) is 0 Å². The summed E-state index contributed by atoms with van der Waals surface area (Å²) in [4.78, 5) is 41.7. The number of hydrogen-bond acceptors (Lipinski definition) is 12. The fourth-order valence-corrected chi connectivity index (χ4v) is 6.10. The highest BCUT2D eigenvalue weighted by molar-refractivity contribution is 8.03. The van der Waals surface area contributed by atoms with Gasteiger partial charge in [0.25, 0.3) is 0 Å². The highest BCUT2D eigenvalue weighted by Crippen LogP contribution is 2.44. The fourth-order valence-electron chi connectivity index (χ4n) is 5.00. The van der Waals surface area contributed by atoms with Gasteiger partial charge in [-0.1, -0.05) is 43.5 Å². The number of esters is 3. The van der Waals surface area contributed by atoms with E-state index >= 15 is 4.39 Å². The second kappa shape index (κ2) is 19.4. The third-order valence-corrected chi connectivity index (χ3v) is 8.69. The van der Waals surface area contributed by atoms with Crippen molar-refractivity contribution >= 4 is 35.7 Å². The van der Waals surface area contributed by atoms with E-state index in [0.717, 1.165) is 36.9 Å². The van der Waals surface area contributed by atoms with Gasteiger partial charge >= 0.3 is 17.9 Å². The molecule has 1 fully saturated rings. The Morgan fingerprint density at radius 2 is 1.92 bits per heavy atom. The van der Waals surface area contributed by atoms with Crippen molar-refractivity contribution in [1.29, 1.82) is 5.26 Å². The molecule has 4 rings (SSSR count). The molecule has 0 radical (unpaired) electrons. The van der Waals surface area contributed by atoms with Gasteiger partial charge in [0.15, 0.2) is 18.0 Å². The summed E-state index contributed by atoms with van der Waals surface area (Å²) in [6.07, 6.45) is 7.13. The first-order chi connectivity index (χ1) is 25.4. The molecule has 278 valence electrons. The maximum Gasteiger partial charge on any atom is 0.347 e. The van der Waals surface area contributed by atoms with Gasteiger partial charge < -0.3 is 23.7 Å². The third-order valence-electron chi connectivity index (χ3n) is 7.47. The van der Waals surface area contributed by atoms with Crippen LogP contribution < -0.4 is 0 Å². The largest absolute Gasteiger partial charge is 0.459 e. The van der Waals surface area contributed by atoms with Gasteiger partial charge in [0, 0.05) is 41.9 Å². The molecule has 12 nitrogen and oxygen atoms in total. The number of rotatable bonds is 17. The van der Waals surface area contributed by atoms with E-state index in [1.54, 1.807) is 18.2 Å². The summed E-state index contributed by atoms with van der Waals surface area (Å²) >= 11 is 1.08. The minimum atomic E-state index is -2.02. The van der Waals surface area contributed by atoms with Gasteiger partial charge in [0.2, 0.25) is 0 Å². The maximum absolute atomic E-state index is 15.7. The molecule has 0 N–H and O–H groups in total. The number of halogens is 3. The molecule has 3 aromatic rings. The maximum atomic E-state index is 15.7. The molecule has 0 aliphatic carbocycles. The van der Waals surface area contributed by atoms with Crippen LogP contribution in [0.1, 0.15) is 36.5 Å². The lowest BCUT2D eigenvalue weighted by Gasteiger charge is -2.37. The van der Waals surface area contributed by atoms with E-state index < -0.39 is 65.0 Å². The Hall–Kier alpha value is -5.50. The molecule has 2 aromatic carbocycles. The van der Waals surface area contributed by atoms with E-state index in [-0.39, 0.29) is 54.4 Å². The van der Waals surface area contributed by atoms with E-state index in [1.807, 2.05) is 6.07 Å². The Morgan fingerprint density at radius 3 is 2.57 bits per heavy atom. The average Bonchev–Trinajstić information content (AvgIpc) is 3.64. The van der Waals surface area contributed by atoms with Crippen LogP contribution in [0.2, 0.25) is 0 Å². The van der Waals surface area contributed by atoms with Gasteiger partial charge in [-0.05, 0) is 30.3 Å². The first-order valence-corrected chi connectivity index (χ1v) is 16.9. The summed E-state index contributed by atoms with van der Waals surface area (Å²) in [5.74, 6) is -5.10. The molecule has 16 heteroatoms. The Bertz CT molecular complexity index is 1890. The summed E-state index contributed by atoms with van der Waals surface area (Å²) in [5, 5.41) is 12.6. The van der Waals surface area contributed by atoms with Gasteiger partial charge in [-0.3, -0.25) is 9.59 Å². The molecule has 1 aliphatic heterocycles. The minimum absolute atomic E-state index is 0.104. The van der Waals surface area contributed by atoms with Gasteiger partial charge in [0.1, 0.15) is 36.7 Å². The van der Waals surface area contributed by atoms with Gasteiger partial charge in [0.05, 0.1) is 36.6 Å². The Morgan fingerprint density at radius 1 is 1.15 bits per heavy atom. The van der Waals surface area contributed by atoms with Crippen molar-refractivity contribution in [2.75, 3.05) is 19.8 Å². The van der Waals surface area contributed by atoms with Gasteiger partial charge in [-0.25, -0.2) is 27.6 Å². The molecular weight excluding hydrogens is 717 g/mol. The molecule has 1 unspecified atom stereocenters. The SMILES string of the molecule is C=CCOC(=O)C(CCC(=O)O[C@](Cn1cncn1)(C(=C)S[C@H]1CO[C@H](/C=C/C=C/c2ccc(C#N)cc2F)OC1)c1ccc(F)cc1F)OC(C)=O. The number of nitriles is 1. The van der Waals surface area contributed by atoms with Crippen LogP contribution in [0, 0.1) is 28.8 Å². The van der Waals surface area contributed by atoms with Crippen molar-refractivity contribution in [3.05, 3.63) is 126 Å². The molecule has 2 heterocycles. The molecule has 0 saturated carbocycles. The number of thioether (sulfide) groups is 1. The summed E-state index contributed by atoms with van der Waals surface area (Å²) < 4.78 is 72.9. The molecule has 1 aliphatic rings. The van der Waals surface area contributed by atoms with E-state index in [9.17, 15) is 23.2 Å². The van der Waals surface area contributed by atoms with Crippen molar-refractivity contribution in [3.8, 4) is 6.07 Å². The van der Waals surface area contributed by atoms with Crippen LogP contribution in [0.5, 0.6) is 0 Å². The van der Waals surface area contributed by atoms with E-state index in [0.29, 0.717) is 6.07 Å². The fraction of sp³-hybridized carbons (Fsp3) is 0.297. The number of allylic oxidation sites excluding steroid dienone is 2. The van der Waals surface area contributed by atoms with Crippen LogP contribution in [0.3, 0.4) is 0 Å². The zero-order valence-corrected chi connectivity index (χ0v) is 29.3. The third kappa shape index (κ3) is 11.5. The average molecular weight is 753 g/mol. The molecule has 0 amide bonds. The second-order valence-electron chi connectivity index (χ2n) is 11.4. The lowest BCUT2D eigenvalue weighted by Crippen LogP contribution is -2.41. The zero-order chi connectivity index (χ0) is 38.4. The molecule has 1 aromatic heterocycles. The molecular formula is C37H35F3N4O8S. The van der Waals surface area contributed by atoms with Crippen molar-refractivity contribution in [1.82, 2.24) is 14.8 Å². The minimum Gasteiger partial charge on any atom is -0.459 e. The molecule has 1 saturated heterocycles. The Kier molecular flexibility index (Phi) is 14.7. The van der Waals surface area contributed by atoms with Crippen LogP contribution in [0.25, 0.3) is 6.08 Å². The van der Waals surface area contributed by atoms with Crippen molar-refractivity contribution in [3.63, 3.8) is 0 Å². The zero-order valence-electron chi connectivity index (χ0n) is 28.5. The number of aromatic nitrogens is 3. The topological polar surface area (TPSA) is 152 Å². The summed E-state index contributed by atoms with van der Waals surface area (Å²) in [6, 6.07) is 8.77. The Labute approximate surface area is 307 Å². The number of carbonyl (C=O) groups is 3. The van der Waals surface area contributed by atoms with E-state index in [1.165, 1.54) is 41.6 Å². The predicted molar refractivity (Wildman–Crippen MR) is 186 cm³/mol. The number of hydrogen-bond donors (Lipinski definition) is 0. The van der Waals surface area contributed by atoms with Gasteiger partial charge in [-0.2, -0.15) is 10.4 Å². The molecule has 0 spiro atoms. The smallest absolute Gasteiger partial charge is 0.347 e. The number of nitrogens with zero attached hydrogens (tertiary/aromatic N) is 4. The van der Waals surface area contributed by atoms with Crippen LogP contribution in [0.4, 0.5) is 13.2 Å². The quantitative estimate of drug-likeness (QED) is 0.0720.